The molecular formula is C90H50BBr2O5S4. The van der Waals surface area contributed by atoms with Gasteiger partial charge in [0.05, 0.1) is 0 Å². The molecule has 0 saturated carbocycles. The summed E-state index contributed by atoms with van der Waals surface area (Å²) in [6, 6.07) is 106. The predicted octanol–water partition coefficient (Wildman–Crippen LogP) is 29.0. The number of hydrogen-bond donors (Lipinski definition) is 1. The second kappa shape index (κ2) is 24.9. The SMILES string of the molecule is Brc1ccc2sc3cc4sc5ccc(Br)cc5c4cc3c2c1.O[B]Oc1ccc2oc3ccc(-c4ccccc4)cc3c2c1.c1ccc(-c2ccc3oc4ccc(-c5ccc6sc7cc8sc9ccc(-c%10ccc%11oc%12ccc(-c%13ccccc%13)cc%12c%11c%10)cc9c8cc7c6c5)cc4c3c2)cc1. The van der Waals surface area contributed by atoms with E-state index in [0.29, 0.717) is 13.4 Å². The van der Waals surface area contributed by atoms with E-state index in [2.05, 4.69) is 287 Å². The maximum atomic E-state index is 8.78. The van der Waals surface area contributed by atoms with Crippen LogP contribution in [0.2, 0.25) is 0 Å². The summed E-state index contributed by atoms with van der Waals surface area (Å²) in [7, 11) is 0.679. The first-order valence-corrected chi connectivity index (χ1v) is 38.2. The van der Waals surface area contributed by atoms with Crippen LogP contribution in [-0.4, -0.2) is 12.7 Å². The van der Waals surface area contributed by atoms with Crippen LogP contribution < -0.4 is 4.65 Å². The van der Waals surface area contributed by atoms with Crippen molar-refractivity contribution < 1.29 is 22.9 Å². The minimum absolute atomic E-state index is 0.572. The normalized spacial score (nSPS) is 11.9. The first-order valence-electron chi connectivity index (χ1n) is 33.4. The fourth-order valence-corrected chi connectivity index (χ4v) is 19.9. The summed E-state index contributed by atoms with van der Waals surface area (Å²) in [6.45, 7) is 0. The number of rotatable bonds is 7. The lowest BCUT2D eigenvalue weighted by atomic mass is 9.98. The van der Waals surface area contributed by atoms with Gasteiger partial charge >= 0.3 is 7.69 Å². The van der Waals surface area contributed by atoms with E-state index in [0.717, 1.165) is 85.9 Å². The molecule has 1 radical (unpaired) electrons. The molecule has 7 heterocycles. The van der Waals surface area contributed by atoms with Gasteiger partial charge in [-0.1, -0.05) is 165 Å². The first-order chi connectivity index (χ1) is 50.2. The number of hydrogen-bond acceptors (Lipinski definition) is 9. The molecule has 102 heavy (non-hydrogen) atoms. The molecule has 12 heteroatoms. The molecule has 7 aromatic heterocycles. The van der Waals surface area contributed by atoms with Gasteiger partial charge in [0.1, 0.15) is 39.2 Å². The minimum atomic E-state index is 0.572. The Morgan fingerprint density at radius 2 is 0.480 bits per heavy atom. The van der Waals surface area contributed by atoms with Gasteiger partial charge in [-0.05, 0) is 219 Å². The number of benzene rings is 15. The Bertz CT molecular complexity index is 6790. The number of thiophene rings is 4. The van der Waals surface area contributed by atoms with Gasteiger partial charge in [-0.2, -0.15) is 0 Å². The van der Waals surface area contributed by atoms with E-state index in [4.69, 9.17) is 22.9 Å². The summed E-state index contributed by atoms with van der Waals surface area (Å²) in [5.41, 5.74) is 17.1. The summed E-state index contributed by atoms with van der Waals surface area (Å²) in [5.74, 6) is 0.572. The van der Waals surface area contributed by atoms with Gasteiger partial charge in [-0.3, -0.25) is 0 Å². The van der Waals surface area contributed by atoms with Crippen LogP contribution in [0.15, 0.2) is 319 Å². The molecule has 0 aliphatic heterocycles. The second-order valence-electron chi connectivity index (χ2n) is 25.6. The molecule has 15 aromatic carbocycles. The van der Waals surface area contributed by atoms with Crippen molar-refractivity contribution in [1.82, 2.24) is 0 Å². The zero-order valence-electron chi connectivity index (χ0n) is 53.8. The average molecular weight is 1510 g/mol. The first kappa shape index (κ1) is 61.3. The Hall–Kier alpha value is -10.6. The summed E-state index contributed by atoms with van der Waals surface area (Å²) in [5, 5.41) is 25.9. The number of halogens is 2. The van der Waals surface area contributed by atoms with Gasteiger partial charge in [-0.25, -0.2) is 0 Å². The molecule has 0 atom stereocenters. The Morgan fingerprint density at radius 1 is 0.225 bits per heavy atom. The van der Waals surface area contributed by atoms with Crippen LogP contribution in [-0.2, 0) is 0 Å². The fraction of sp³-hybridized carbons (Fsp3) is 0. The standard InChI is InChI=1S/C54H30O2S2.C18H12BO3.C18H8Br2S2/c1-3-7-31(8-4-1)33-11-17-47-39(23-33)41-25-35(13-19-49(41)55-47)37-15-21-51-43(27-37)45-29-46-44-28-38(16-22-52(44)58-54(46)30-53(45)57-51)36-14-20-50-42(26-36)40-24-34(12-18-48(40)56-50)32-9-5-2-6-10-32;20-19-22-14-7-9-18-16(11-14)15-10-13(6-8-17(15)21-18)12-4-2-1-3-5-12;19-9-1-3-15-11(5-9)13-7-14-12-6-10(20)2-4-16(12)22-18(14)8-17(13)21-15/h1-30H;1-11,20H;1-8H. The second-order valence-corrected chi connectivity index (χ2v) is 31.8. The molecule has 0 amide bonds. The zero-order valence-corrected chi connectivity index (χ0v) is 60.3. The van der Waals surface area contributed by atoms with Crippen molar-refractivity contribution in [3.05, 3.63) is 306 Å². The quantitative estimate of drug-likeness (QED) is 0.161. The van der Waals surface area contributed by atoms with E-state index in [9.17, 15) is 0 Å². The van der Waals surface area contributed by atoms with Crippen molar-refractivity contribution in [3.8, 4) is 61.4 Å². The Balaban J connectivity index is 0.000000128. The van der Waals surface area contributed by atoms with Crippen molar-refractivity contribution in [2.45, 2.75) is 0 Å². The van der Waals surface area contributed by atoms with Crippen molar-refractivity contribution >= 4 is 231 Å². The molecule has 0 unspecified atom stereocenters. The Morgan fingerprint density at radius 3 is 0.804 bits per heavy atom. The molecular weight excluding hydrogens is 1460 g/mol. The lowest BCUT2D eigenvalue weighted by Crippen LogP contribution is -1.98. The molecule has 0 saturated heterocycles. The fourth-order valence-electron chi connectivity index (χ4n) is 14.6. The van der Waals surface area contributed by atoms with Crippen LogP contribution >= 0.6 is 77.2 Å². The van der Waals surface area contributed by atoms with Crippen LogP contribution in [0.25, 0.3) is 202 Å². The molecule has 0 fully saturated rings. The van der Waals surface area contributed by atoms with Gasteiger partial charge in [0, 0.05) is 122 Å². The van der Waals surface area contributed by atoms with Crippen molar-refractivity contribution in [1.29, 1.82) is 0 Å². The molecule has 22 rings (SSSR count). The van der Waals surface area contributed by atoms with Gasteiger partial charge in [-0.15, -0.1) is 45.3 Å². The van der Waals surface area contributed by atoms with E-state index in [1.165, 1.54) is 125 Å². The van der Waals surface area contributed by atoms with E-state index >= 15 is 0 Å². The van der Waals surface area contributed by atoms with Gasteiger partial charge < -0.3 is 22.9 Å². The van der Waals surface area contributed by atoms with Crippen LogP contribution in [0, 0.1) is 0 Å². The van der Waals surface area contributed by atoms with E-state index in [1.54, 1.807) is 6.07 Å². The van der Waals surface area contributed by atoms with Gasteiger partial charge in [0.2, 0.25) is 0 Å². The van der Waals surface area contributed by atoms with Gasteiger partial charge in [0.25, 0.3) is 0 Å². The maximum Gasteiger partial charge on any atom is 0.569 e. The van der Waals surface area contributed by atoms with E-state index < -0.39 is 0 Å². The van der Waals surface area contributed by atoms with E-state index in [-0.39, 0.29) is 0 Å². The Kier molecular flexibility index (Phi) is 14.9. The van der Waals surface area contributed by atoms with Gasteiger partial charge in [0.15, 0.2) is 0 Å². The van der Waals surface area contributed by atoms with Crippen LogP contribution in [0.5, 0.6) is 5.75 Å². The third-order valence-corrected chi connectivity index (χ3v) is 25.1. The van der Waals surface area contributed by atoms with Crippen molar-refractivity contribution in [2.75, 3.05) is 0 Å². The third kappa shape index (κ3) is 10.8. The largest absolute Gasteiger partial charge is 0.569 e. The van der Waals surface area contributed by atoms with Crippen LogP contribution in [0.3, 0.4) is 0 Å². The van der Waals surface area contributed by atoms with Crippen molar-refractivity contribution in [2.24, 2.45) is 0 Å². The van der Waals surface area contributed by atoms with Crippen LogP contribution in [0.1, 0.15) is 0 Å². The molecule has 22 aromatic rings. The monoisotopic (exact) mass is 1510 g/mol. The highest BCUT2D eigenvalue weighted by molar-refractivity contribution is 9.10. The summed E-state index contributed by atoms with van der Waals surface area (Å²) in [4.78, 5) is 0. The average Bonchev–Trinajstić information content (AvgIpc) is 1.59. The molecule has 5 nitrogen and oxygen atoms in total. The molecule has 0 aliphatic rings. The predicted molar refractivity (Wildman–Crippen MR) is 444 cm³/mol. The molecule has 0 bridgehead atoms. The lowest BCUT2D eigenvalue weighted by Gasteiger charge is -2.04. The molecule has 0 aliphatic carbocycles. The minimum Gasteiger partial charge on any atom is -0.537 e. The third-order valence-electron chi connectivity index (χ3n) is 19.6. The summed E-state index contributed by atoms with van der Waals surface area (Å²) < 4.78 is 36.5. The molecule has 1 N–H and O–H groups in total. The molecule has 481 valence electrons. The highest BCUT2D eigenvalue weighted by atomic mass is 79.9. The summed E-state index contributed by atoms with van der Waals surface area (Å²) in [6.07, 6.45) is 0. The van der Waals surface area contributed by atoms with Crippen LogP contribution in [0.4, 0.5) is 0 Å². The topological polar surface area (TPSA) is 68.9 Å². The zero-order chi connectivity index (χ0) is 67.7. The highest BCUT2D eigenvalue weighted by Crippen LogP contribution is 2.47. The molecule has 0 spiro atoms. The maximum absolute atomic E-state index is 8.78. The Labute approximate surface area is 616 Å². The highest BCUT2D eigenvalue weighted by Gasteiger charge is 2.19. The number of fused-ring (bicyclic) bond motifs is 21. The summed E-state index contributed by atoms with van der Waals surface area (Å²) >= 11 is 14.7. The van der Waals surface area contributed by atoms with Crippen molar-refractivity contribution in [3.63, 3.8) is 0 Å². The number of furan rings is 3. The lowest BCUT2D eigenvalue weighted by molar-refractivity contribution is 0.454. The van der Waals surface area contributed by atoms with E-state index in [1.807, 2.05) is 81.7 Å². The smallest absolute Gasteiger partial charge is 0.537 e.